The van der Waals surface area contributed by atoms with Gasteiger partial charge in [0.15, 0.2) is 10.9 Å². The zero-order valence-electron chi connectivity index (χ0n) is 20.1. The van der Waals surface area contributed by atoms with E-state index in [0.717, 1.165) is 6.07 Å². The van der Waals surface area contributed by atoms with Crippen LogP contribution in [0.25, 0.3) is 75.4 Å². The molecule has 8 aromatic rings. The highest BCUT2D eigenvalue weighted by molar-refractivity contribution is 6.53. The number of hydrogen-bond donors (Lipinski definition) is 6. The van der Waals surface area contributed by atoms with E-state index in [-0.39, 0.29) is 48.8 Å². The summed E-state index contributed by atoms with van der Waals surface area (Å²) in [4.78, 5) is 26.9. The van der Waals surface area contributed by atoms with E-state index in [1.165, 1.54) is 12.1 Å². The molecule has 0 saturated carbocycles. The molecule has 39 heavy (non-hydrogen) atoms. The minimum Gasteiger partial charge on any atom is -0.507 e. The number of phenols is 6. The number of fused-ring (bicyclic) bond motifs is 2. The summed E-state index contributed by atoms with van der Waals surface area (Å²) in [5.41, 5.74) is -0.0843. The van der Waals surface area contributed by atoms with Gasteiger partial charge in [0, 0.05) is 49.2 Å². The van der Waals surface area contributed by atoms with E-state index in [1.54, 1.807) is 13.8 Å². The van der Waals surface area contributed by atoms with E-state index in [1.807, 2.05) is 0 Å². The topological polar surface area (TPSA) is 156 Å². The normalized spacial score (nSPS) is 12.8. The van der Waals surface area contributed by atoms with E-state index >= 15 is 0 Å². The molecule has 0 saturated heterocycles. The second-order valence-corrected chi connectivity index (χ2v) is 10.6. The van der Waals surface area contributed by atoms with Crippen molar-refractivity contribution in [2.24, 2.45) is 0 Å². The molecule has 8 rings (SSSR count). The van der Waals surface area contributed by atoms with Crippen LogP contribution in [0.3, 0.4) is 0 Å². The van der Waals surface area contributed by atoms with Gasteiger partial charge in [0.2, 0.25) is 0 Å². The lowest BCUT2D eigenvalue weighted by Crippen LogP contribution is -2.08. The smallest absolute Gasteiger partial charge is 0.190 e. The van der Waals surface area contributed by atoms with Crippen LogP contribution in [0.4, 0.5) is 0 Å². The molecule has 0 radical (unpaired) electrons. The molecule has 0 aromatic heterocycles. The first kappa shape index (κ1) is 22.1. The number of aromatic hydroxyl groups is 6. The average molecular weight is 539 g/mol. The van der Waals surface area contributed by atoms with Crippen molar-refractivity contribution in [1.29, 1.82) is 0 Å². The van der Waals surface area contributed by atoms with Gasteiger partial charge >= 0.3 is 0 Å². The SMILES string of the molecule is Cc1cc(O)c2c(O)c3c(O)cc(=O)c4c5c(O)c(Cl)c(O)c6c(O)c7c(=O)cc(C)c8c1c2c(c34)c(c65)c78. The van der Waals surface area contributed by atoms with Gasteiger partial charge in [-0.2, -0.15) is 0 Å². The number of rotatable bonds is 0. The third-order valence-electron chi connectivity index (χ3n) is 8.35. The van der Waals surface area contributed by atoms with Gasteiger partial charge in [-0.05, 0) is 47.9 Å². The van der Waals surface area contributed by atoms with Crippen LogP contribution in [-0.4, -0.2) is 30.6 Å². The van der Waals surface area contributed by atoms with Crippen LogP contribution in [0.5, 0.6) is 34.5 Å². The molecule has 0 fully saturated rings. The molecule has 0 atom stereocenters. The van der Waals surface area contributed by atoms with Gasteiger partial charge in [0.25, 0.3) is 0 Å². The predicted molar refractivity (Wildman–Crippen MR) is 151 cm³/mol. The average Bonchev–Trinajstić information content (AvgIpc) is 2.86. The molecule has 0 heterocycles. The largest absolute Gasteiger partial charge is 0.507 e. The molecule has 0 aliphatic rings. The Bertz CT molecular complexity index is 2570. The number of phenolic OH excluding ortho intramolecular Hbond substituents is 6. The van der Waals surface area contributed by atoms with Crippen LogP contribution in [0, 0.1) is 13.8 Å². The molecule has 6 N–H and O–H groups in total. The van der Waals surface area contributed by atoms with Crippen LogP contribution in [-0.2, 0) is 0 Å². The van der Waals surface area contributed by atoms with E-state index in [9.17, 15) is 40.2 Å². The molecule has 8 aromatic carbocycles. The maximum atomic E-state index is 13.5. The minimum atomic E-state index is -0.712. The molecule has 0 amide bonds. The molecule has 9 heteroatoms. The van der Waals surface area contributed by atoms with Crippen molar-refractivity contribution >= 4 is 87.0 Å². The molecular weight excluding hydrogens is 524 g/mol. The lowest BCUT2D eigenvalue weighted by Gasteiger charge is -2.26. The Morgan fingerprint density at radius 2 is 0.846 bits per heavy atom. The summed E-state index contributed by atoms with van der Waals surface area (Å²) < 4.78 is 0. The van der Waals surface area contributed by atoms with Crippen molar-refractivity contribution in [3.8, 4) is 34.5 Å². The fourth-order valence-electron chi connectivity index (χ4n) is 7.01. The van der Waals surface area contributed by atoms with E-state index in [2.05, 4.69) is 0 Å². The Labute approximate surface area is 220 Å². The van der Waals surface area contributed by atoms with Crippen molar-refractivity contribution < 1.29 is 30.6 Å². The highest BCUT2D eigenvalue weighted by Gasteiger charge is 2.34. The van der Waals surface area contributed by atoms with E-state index < -0.39 is 44.6 Å². The summed E-state index contributed by atoms with van der Waals surface area (Å²) in [5, 5.41) is 68.6. The summed E-state index contributed by atoms with van der Waals surface area (Å²) >= 11 is 6.30. The zero-order chi connectivity index (χ0) is 27.6. The van der Waals surface area contributed by atoms with Gasteiger partial charge < -0.3 is 30.6 Å². The Kier molecular flexibility index (Phi) is 3.60. The molecule has 0 aliphatic carbocycles. The molecule has 0 aliphatic heterocycles. The van der Waals surface area contributed by atoms with E-state index in [0.29, 0.717) is 43.4 Å². The van der Waals surface area contributed by atoms with Gasteiger partial charge in [0.1, 0.15) is 39.5 Å². The van der Waals surface area contributed by atoms with Gasteiger partial charge in [-0.3, -0.25) is 9.59 Å². The quantitative estimate of drug-likeness (QED) is 0.105. The summed E-state index contributed by atoms with van der Waals surface area (Å²) in [7, 11) is 0. The lowest BCUT2D eigenvalue weighted by atomic mass is 9.77. The Hall–Kier alpha value is -4.95. The third-order valence-corrected chi connectivity index (χ3v) is 8.71. The molecular formula is C30H15ClO8. The van der Waals surface area contributed by atoms with Crippen molar-refractivity contribution in [3.05, 3.63) is 54.8 Å². The highest BCUT2D eigenvalue weighted by atomic mass is 35.5. The van der Waals surface area contributed by atoms with Crippen molar-refractivity contribution in [2.75, 3.05) is 0 Å². The molecule has 0 bridgehead atoms. The van der Waals surface area contributed by atoms with Crippen LogP contribution in [0.1, 0.15) is 11.1 Å². The first-order valence-electron chi connectivity index (χ1n) is 11.9. The second-order valence-electron chi connectivity index (χ2n) is 10.3. The summed E-state index contributed by atoms with van der Waals surface area (Å²) in [6.45, 7) is 3.47. The fourth-order valence-corrected chi connectivity index (χ4v) is 7.19. The van der Waals surface area contributed by atoms with Crippen molar-refractivity contribution in [2.45, 2.75) is 13.8 Å². The monoisotopic (exact) mass is 538 g/mol. The van der Waals surface area contributed by atoms with Gasteiger partial charge in [-0.25, -0.2) is 0 Å². The van der Waals surface area contributed by atoms with Crippen LogP contribution < -0.4 is 10.9 Å². The maximum Gasteiger partial charge on any atom is 0.190 e. The van der Waals surface area contributed by atoms with Crippen LogP contribution in [0.2, 0.25) is 5.02 Å². The van der Waals surface area contributed by atoms with Gasteiger partial charge in [0.05, 0.1) is 21.5 Å². The maximum absolute atomic E-state index is 13.5. The highest BCUT2D eigenvalue weighted by Crippen LogP contribution is 2.60. The fraction of sp³-hybridized carbons (Fsp3) is 0.0667. The summed E-state index contributed by atoms with van der Waals surface area (Å²) in [6, 6.07) is 3.70. The second kappa shape index (κ2) is 6.36. The Balaban J connectivity index is 2.04. The lowest BCUT2D eigenvalue weighted by molar-refractivity contribution is 0.453. The Morgan fingerprint density at radius 3 is 1.49 bits per heavy atom. The molecule has 8 nitrogen and oxygen atoms in total. The number of aryl methyl sites for hydroxylation is 2. The van der Waals surface area contributed by atoms with Gasteiger partial charge in [-0.1, -0.05) is 11.6 Å². The first-order chi connectivity index (χ1) is 18.5. The zero-order valence-corrected chi connectivity index (χ0v) is 20.9. The first-order valence-corrected chi connectivity index (χ1v) is 12.3. The summed E-state index contributed by atoms with van der Waals surface area (Å²) in [5.74, 6) is -3.16. The number of hydrogen-bond acceptors (Lipinski definition) is 8. The number of benzene rings is 8. The Morgan fingerprint density at radius 1 is 0.436 bits per heavy atom. The van der Waals surface area contributed by atoms with Gasteiger partial charge in [-0.15, -0.1) is 0 Å². The standard InChI is InChI=1S/C30H15ClO8/c1-6-3-8(32)15-18-12(6)13-7(2)4-9(33)16-19(13)22-21(18)20-14(10(34)5-11(35)17(20)27(15)36)24-23(22)25(28(16)37)30(39)26(31)29(24)38/h3-5,32,35-39H,1-2H3. The van der Waals surface area contributed by atoms with Crippen molar-refractivity contribution in [1.82, 2.24) is 0 Å². The molecule has 0 unspecified atom stereocenters. The van der Waals surface area contributed by atoms with E-state index in [4.69, 9.17) is 11.6 Å². The number of halogens is 1. The minimum absolute atomic E-state index is 0.0227. The van der Waals surface area contributed by atoms with Crippen LogP contribution >= 0.6 is 11.6 Å². The third kappa shape index (κ3) is 2.10. The van der Waals surface area contributed by atoms with Crippen LogP contribution in [0.15, 0.2) is 27.8 Å². The molecule has 190 valence electrons. The predicted octanol–water partition coefficient (Wildman–Crippen LogP) is 5.73. The molecule has 0 spiro atoms. The summed E-state index contributed by atoms with van der Waals surface area (Å²) in [6.07, 6.45) is 0. The van der Waals surface area contributed by atoms with Crippen molar-refractivity contribution in [3.63, 3.8) is 0 Å².